The molecular weight excluding hydrogens is 657 g/mol. The van der Waals surface area contributed by atoms with Gasteiger partial charge in [0.1, 0.15) is 11.2 Å². The number of fused-ring (bicyclic) bond motifs is 8. The molecule has 0 bridgehead atoms. The topological polar surface area (TPSA) is 19.6 Å². The van der Waals surface area contributed by atoms with E-state index < -0.39 is 0 Å². The lowest BCUT2D eigenvalue weighted by Gasteiger charge is -2.31. The van der Waals surface area contributed by atoms with Crippen LogP contribution in [0.5, 0.6) is 0 Å². The minimum atomic E-state index is -0.0239. The Bertz CT molecular complexity index is 2800. The minimum absolute atomic E-state index is 0.0239. The highest BCUT2D eigenvalue weighted by atomic mass is 16.3. The lowest BCUT2D eigenvalue weighted by Crippen LogP contribution is -2.22. The van der Waals surface area contributed by atoms with Crippen LogP contribution in [0.15, 0.2) is 186 Å². The van der Waals surface area contributed by atoms with Crippen LogP contribution in [0.25, 0.3) is 32.7 Å². The van der Waals surface area contributed by atoms with Gasteiger partial charge in [-0.25, -0.2) is 0 Å². The monoisotopic (exact) mass is 694 g/mol. The van der Waals surface area contributed by atoms with E-state index in [-0.39, 0.29) is 5.41 Å². The number of anilines is 6. The molecule has 1 heterocycles. The van der Waals surface area contributed by atoms with Crippen molar-refractivity contribution in [2.75, 3.05) is 9.80 Å². The van der Waals surface area contributed by atoms with Crippen LogP contribution in [0.3, 0.4) is 0 Å². The first-order valence-corrected chi connectivity index (χ1v) is 19.1. The van der Waals surface area contributed by atoms with Gasteiger partial charge in [-0.1, -0.05) is 91.0 Å². The van der Waals surface area contributed by atoms with Gasteiger partial charge >= 0.3 is 0 Å². The van der Waals surface area contributed by atoms with Crippen LogP contribution in [-0.4, -0.2) is 0 Å². The second kappa shape index (κ2) is 12.2. The van der Waals surface area contributed by atoms with Crippen LogP contribution < -0.4 is 9.80 Å². The molecule has 0 aliphatic heterocycles. The first-order chi connectivity index (χ1) is 26.7. The second-order valence-corrected chi connectivity index (χ2v) is 14.9. The van der Waals surface area contributed by atoms with Gasteiger partial charge in [-0.15, -0.1) is 0 Å². The predicted octanol–water partition coefficient (Wildman–Crippen LogP) is 13.9. The number of furan rings is 1. The van der Waals surface area contributed by atoms with Crippen LogP contribution in [0.1, 0.15) is 35.1 Å². The van der Waals surface area contributed by atoms with Crippen molar-refractivity contribution in [1.29, 1.82) is 0 Å². The van der Waals surface area contributed by atoms with E-state index >= 15 is 0 Å². The predicted molar refractivity (Wildman–Crippen MR) is 224 cm³/mol. The van der Waals surface area contributed by atoms with Crippen molar-refractivity contribution in [3.8, 4) is 0 Å². The van der Waals surface area contributed by atoms with E-state index in [1.807, 2.05) is 0 Å². The van der Waals surface area contributed by atoms with Crippen LogP contribution >= 0.6 is 0 Å². The third-order valence-electron chi connectivity index (χ3n) is 12.0. The van der Waals surface area contributed by atoms with Gasteiger partial charge in [0.15, 0.2) is 0 Å². The lowest BCUT2D eigenvalue weighted by atomic mass is 9.76. The molecule has 54 heavy (non-hydrogen) atoms. The molecule has 258 valence electrons. The van der Waals surface area contributed by atoms with Crippen molar-refractivity contribution in [1.82, 2.24) is 0 Å². The molecule has 1 atom stereocenters. The van der Waals surface area contributed by atoms with E-state index in [4.69, 9.17) is 4.42 Å². The van der Waals surface area contributed by atoms with Gasteiger partial charge in [0, 0.05) is 50.3 Å². The molecule has 0 saturated carbocycles. The Morgan fingerprint density at radius 3 is 1.37 bits per heavy atom. The molecule has 2 aliphatic rings. The molecule has 1 aromatic heterocycles. The van der Waals surface area contributed by atoms with Crippen molar-refractivity contribution in [2.24, 2.45) is 0 Å². The van der Waals surface area contributed by atoms with Crippen LogP contribution in [0.2, 0.25) is 0 Å². The molecule has 0 N–H and O–H groups in total. The van der Waals surface area contributed by atoms with E-state index in [1.54, 1.807) is 0 Å². The number of hydrogen-bond donors (Lipinski definition) is 0. The number of para-hydroxylation sites is 3. The van der Waals surface area contributed by atoms with Gasteiger partial charge in [-0.3, -0.25) is 0 Å². The summed E-state index contributed by atoms with van der Waals surface area (Å²) < 4.78 is 6.42. The zero-order chi connectivity index (χ0) is 35.6. The van der Waals surface area contributed by atoms with Gasteiger partial charge < -0.3 is 14.2 Å². The first kappa shape index (κ1) is 31.0. The minimum Gasteiger partial charge on any atom is -0.456 e. The molecule has 11 rings (SSSR count). The fraction of sp³-hybridized carbons (Fsp3) is 0.0980. The van der Waals surface area contributed by atoms with E-state index in [9.17, 15) is 0 Å². The number of rotatable bonds is 6. The summed E-state index contributed by atoms with van der Waals surface area (Å²) in [5, 5.41) is 4.68. The highest BCUT2D eigenvalue weighted by molar-refractivity contribution is 6.11. The van der Waals surface area contributed by atoms with Crippen molar-refractivity contribution >= 4 is 66.8 Å². The zero-order valence-corrected chi connectivity index (χ0v) is 30.0. The van der Waals surface area contributed by atoms with Crippen LogP contribution in [0, 0.1) is 0 Å². The van der Waals surface area contributed by atoms with E-state index in [2.05, 4.69) is 192 Å². The smallest absolute Gasteiger partial charge is 0.136 e. The maximum atomic E-state index is 6.42. The number of aryl methyl sites for hydroxylation is 2. The van der Waals surface area contributed by atoms with Gasteiger partial charge in [0.05, 0.1) is 0 Å². The summed E-state index contributed by atoms with van der Waals surface area (Å²) >= 11 is 0. The molecule has 0 amide bonds. The van der Waals surface area contributed by atoms with E-state index in [1.165, 1.54) is 55.8 Å². The Balaban J connectivity index is 1.05. The normalized spacial score (nSPS) is 15.9. The second-order valence-electron chi connectivity index (χ2n) is 14.9. The molecule has 2 aliphatic carbocycles. The lowest BCUT2D eigenvalue weighted by molar-refractivity contribution is 0.507. The number of benzene rings is 8. The maximum Gasteiger partial charge on any atom is 0.136 e. The molecular formula is C51H38N2O. The average molecular weight is 695 g/mol. The standard InChI is InChI=1S/C51H38N2O/c1-4-14-39(15-5-1)52(40-16-6-2-7-17-40)43-22-20-35-26-28-51(47(35)33-43)29-27-36-21-23-44(34-48(36)51)53(41-18-8-3-9-19-41)42-24-25-49-46(32-42)45-30-37-12-10-11-13-38(37)31-50(45)54-49/h1-25,30-34H,26-29H2/t51-/m1/s1. The van der Waals surface area contributed by atoms with E-state index in [0.717, 1.165) is 59.0 Å². The Morgan fingerprint density at radius 2 is 0.815 bits per heavy atom. The molecule has 9 aromatic rings. The van der Waals surface area contributed by atoms with Gasteiger partial charge in [-0.2, -0.15) is 0 Å². The van der Waals surface area contributed by atoms with Gasteiger partial charge in [0.2, 0.25) is 0 Å². The zero-order valence-electron chi connectivity index (χ0n) is 30.0. The fourth-order valence-electron chi connectivity index (χ4n) is 9.45. The molecule has 3 nitrogen and oxygen atoms in total. The highest BCUT2D eigenvalue weighted by Crippen LogP contribution is 2.55. The summed E-state index contributed by atoms with van der Waals surface area (Å²) in [6.07, 6.45) is 4.44. The van der Waals surface area contributed by atoms with Crippen molar-refractivity contribution in [3.05, 3.63) is 204 Å². The Morgan fingerprint density at radius 1 is 0.370 bits per heavy atom. The average Bonchev–Trinajstić information content (AvgIpc) is 3.91. The summed E-state index contributed by atoms with van der Waals surface area (Å²) in [6.45, 7) is 0. The number of nitrogens with zero attached hydrogens (tertiary/aromatic N) is 2. The summed E-state index contributed by atoms with van der Waals surface area (Å²) in [5.74, 6) is 0. The Labute approximate surface area is 315 Å². The third kappa shape index (κ3) is 4.89. The van der Waals surface area contributed by atoms with Crippen LogP contribution in [-0.2, 0) is 18.3 Å². The summed E-state index contributed by atoms with van der Waals surface area (Å²) in [4.78, 5) is 4.82. The quantitative estimate of drug-likeness (QED) is 0.173. The molecule has 0 saturated heterocycles. The molecule has 8 aromatic carbocycles. The van der Waals surface area contributed by atoms with Crippen molar-refractivity contribution in [2.45, 2.75) is 31.1 Å². The SMILES string of the molecule is c1ccc(N(c2ccccc2)c2ccc3c(c2)[C@@]2(CC3)CCc3ccc(N(c4ccccc4)c4ccc5oc6cc7ccccc7cc6c5c4)cc32)cc1. The Hall–Kier alpha value is -6.58. The fourth-order valence-corrected chi connectivity index (χ4v) is 9.45. The summed E-state index contributed by atoms with van der Waals surface area (Å²) in [7, 11) is 0. The first-order valence-electron chi connectivity index (χ1n) is 19.1. The molecule has 1 spiro atoms. The maximum absolute atomic E-state index is 6.42. The molecule has 0 fully saturated rings. The largest absolute Gasteiger partial charge is 0.456 e. The molecule has 0 unspecified atom stereocenters. The Kier molecular flexibility index (Phi) is 7.03. The highest BCUT2D eigenvalue weighted by Gasteiger charge is 2.45. The summed E-state index contributed by atoms with van der Waals surface area (Å²) in [6, 6.07) is 66.4. The van der Waals surface area contributed by atoms with E-state index in [0.29, 0.717) is 0 Å². The van der Waals surface area contributed by atoms with Crippen molar-refractivity contribution in [3.63, 3.8) is 0 Å². The third-order valence-corrected chi connectivity index (χ3v) is 12.0. The van der Waals surface area contributed by atoms with Crippen LogP contribution in [0.4, 0.5) is 34.1 Å². The molecule has 0 radical (unpaired) electrons. The van der Waals surface area contributed by atoms with Gasteiger partial charge in [-0.05, 0) is 150 Å². The van der Waals surface area contributed by atoms with Crippen molar-refractivity contribution < 1.29 is 4.42 Å². The van der Waals surface area contributed by atoms with Gasteiger partial charge in [0.25, 0.3) is 0 Å². The summed E-state index contributed by atoms with van der Waals surface area (Å²) in [5.41, 5.74) is 14.7. The number of hydrogen-bond acceptors (Lipinski definition) is 3. The molecule has 3 heteroatoms.